The van der Waals surface area contributed by atoms with Crippen LogP contribution in [0.5, 0.6) is 46.0 Å². The van der Waals surface area contributed by atoms with Crippen LogP contribution in [0.2, 0.25) is 15.1 Å². The highest BCUT2D eigenvalue weighted by atomic mass is 35.5. The number of aliphatic hydroxyl groups is 5. The molecular formula is C88H89Cl3N12O24. The molecule has 7 aliphatic heterocycles. The number of nitrogens with zero attached hydrogens (tertiary/aromatic N) is 2. The van der Waals surface area contributed by atoms with Crippen molar-refractivity contribution in [2.24, 2.45) is 11.7 Å². The third kappa shape index (κ3) is 19.9. The molecule has 16 rings (SSSR count). The number of hydrogen-bond donors (Lipinski definition) is 19. The Morgan fingerprint density at radius 2 is 1.28 bits per heavy atom. The number of carboxylic acids is 1. The van der Waals surface area contributed by atoms with Crippen molar-refractivity contribution in [2.45, 2.75) is 163 Å². The number of para-hydroxylation sites is 2. The van der Waals surface area contributed by atoms with E-state index in [1.54, 1.807) is 50.2 Å². The predicted molar refractivity (Wildman–Crippen MR) is 454 cm³/mol. The molecule has 127 heavy (non-hydrogen) atoms. The minimum atomic E-state index is -2.40. The predicted octanol–water partition coefficient (Wildman–Crippen LogP) is 5.64. The van der Waals surface area contributed by atoms with Gasteiger partial charge in [-0.1, -0.05) is 115 Å². The van der Waals surface area contributed by atoms with Crippen molar-refractivity contribution >= 4 is 99.1 Å². The van der Waals surface area contributed by atoms with Gasteiger partial charge < -0.3 is 128 Å². The number of aliphatic carboxylic acids is 1. The number of rotatable bonds is 19. The maximum absolute atomic E-state index is 16.4. The summed E-state index contributed by atoms with van der Waals surface area (Å²) in [4.78, 5) is 142. The van der Waals surface area contributed by atoms with Crippen molar-refractivity contribution in [1.29, 1.82) is 0 Å². The zero-order chi connectivity index (χ0) is 90.9. The van der Waals surface area contributed by atoms with Crippen molar-refractivity contribution in [3.05, 3.63) is 212 Å². The number of halogens is 3. The number of nitrogens with two attached hydrogens (primary N) is 1. The van der Waals surface area contributed by atoms with Crippen LogP contribution in [-0.2, 0) is 59.1 Å². The van der Waals surface area contributed by atoms with E-state index in [-0.39, 0.29) is 58.5 Å². The van der Waals surface area contributed by atoms with E-state index in [1.165, 1.54) is 25.4 Å². The van der Waals surface area contributed by atoms with Gasteiger partial charge in [0.25, 0.3) is 5.91 Å². The number of likely N-dealkylation sites (N-methyl/N-ethyl adjacent to an activating group) is 1. The van der Waals surface area contributed by atoms with Crippen LogP contribution < -0.4 is 67.8 Å². The first-order chi connectivity index (χ1) is 60.5. The highest BCUT2D eigenvalue weighted by Gasteiger charge is 2.53. The first-order valence-corrected chi connectivity index (χ1v) is 41.3. The van der Waals surface area contributed by atoms with Gasteiger partial charge in [-0.3, -0.25) is 43.3 Å². The summed E-state index contributed by atoms with van der Waals surface area (Å²) >= 11 is 20.7. The van der Waals surface area contributed by atoms with Crippen molar-refractivity contribution < 1.29 is 118 Å². The maximum atomic E-state index is 16.4. The largest absolute Gasteiger partial charge is 0.508 e. The van der Waals surface area contributed by atoms with E-state index in [4.69, 9.17) is 69.0 Å². The number of amides is 8. The number of aliphatic hydroxyl groups excluding tert-OH is 5. The van der Waals surface area contributed by atoms with Crippen LogP contribution in [0.25, 0.3) is 33.3 Å². The Labute approximate surface area is 738 Å². The fourth-order valence-electron chi connectivity index (χ4n) is 15.8. The molecule has 11 bridgehead atoms. The van der Waals surface area contributed by atoms with Gasteiger partial charge in [-0.15, -0.1) is 0 Å². The van der Waals surface area contributed by atoms with E-state index in [9.17, 15) is 65.1 Å². The van der Waals surface area contributed by atoms with Crippen LogP contribution in [0, 0.1) is 5.92 Å². The van der Waals surface area contributed by atoms with Crippen LogP contribution in [0.1, 0.15) is 121 Å². The second-order valence-corrected chi connectivity index (χ2v) is 33.2. The lowest BCUT2D eigenvalue weighted by atomic mass is 9.84. The number of primary amides is 1. The molecule has 0 aliphatic carbocycles. The zero-order valence-electron chi connectivity index (χ0n) is 68.2. The van der Waals surface area contributed by atoms with E-state index in [0.717, 1.165) is 83.4 Å². The molecule has 39 heteroatoms. The first kappa shape index (κ1) is 90.8. The van der Waals surface area contributed by atoms with Crippen molar-refractivity contribution in [3.8, 4) is 68.2 Å². The fraction of sp³-hybridized carbons (Fsp3) is 0.330. The van der Waals surface area contributed by atoms with E-state index in [0.29, 0.717) is 16.1 Å². The summed E-state index contributed by atoms with van der Waals surface area (Å²) < 4.78 is 40.6. The molecule has 8 heterocycles. The molecule has 0 spiro atoms. The Morgan fingerprint density at radius 3 is 1.92 bits per heavy atom. The van der Waals surface area contributed by atoms with Crippen LogP contribution >= 0.6 is 34.8 Å². The molecule has 9 aromatic rings. The quantitative estimate of drug-likeness (QED) is 0.0466. The van der Waals surface area contributed by atoms with E-state index in [2.05, 4.69) is 57.8 Å². The molecule has 2 fully saturated rings. The molecule has 36 nitrogen and oxygen atoms in total. The van der Waals surface area contributed by atoms with Gasteiger partial charge in [0.05, 0.1) is 51.9 Å². The van der Waals surface area contributed by atoms with E-state index in [1.807, 2.05) is 50.2 Å². The fourth-order valence-corrected chi connectivity index (χ4v) is 16.3. The molecule has 20 N–H and O–H groups in total. The van der Waals surface area contributed by atoms with Crippen molar-refractivity contribution in [1.82, 2.24) is 57.8 Å². The summed E-state index contributed by atoms with van der Waals surface area (Å²) in [6, 6.07) is 20.7. The van der Waals surface area contributed by atoms with Gasteiger partial charge >= 0.3 is 5.97 Å². The SMILES string of the molecule is CN[C@H](CC(C)C)C(=O)N[C@H]1C(=O)N[C@@H](CC(N)=O)C(=O)NC2C(=O)N[C@H]3C(=O)NC(C(=O)N[C@H](C(=O)O)c4cc(O)cc(O)c4-c4cc3ccc4O)[C@H](O)c3ccc(c(Cl)c3)Oc3cc2cc(c3O[C@@H]2O[C@H](CNC(=O)c3cnc4ccccc4n3)[C@@H](O)[C@H](O)[C@H]2O[C@H]2C[C@](C)(NCc3ccc(-c4ccc(Cl)cc4)cc3)[C@H](O)[C@H](C)O2)Oc2ccc(cc2Cl)[C@H]1O. The van der Waals surface area contributed by atoms with E-state index >= 15 is 24.0 Å². The number of hydrogen-bond acceptors (Lipinski definition) is 27. The van der Waals surface area contributed by atoms with Gasteiger partial charge in [-0.25, -0.2) is 9.78 Å². The lowest BCUT2D eigenvalue weighted by Crippen LogP contribution is -2.65. The smallest absolute Gasteiger partial charge is 0.330 e. The number of benzene rings is 8. The molecule has 2 saturated heterocycles. The molecule has 0 radical (unpaired) electrons. The Hall–Kier alpha value is -12.4. The Kier molecular flexibility index (Phi) is 27.2. The highest BCUT2D eigenvalue weighted by Crippen LogP contribution is 2.50. The molecule has 0 saturated carbocycles. The third-order valence-corrected chi connectivity index (χ3v) is 23.4. The second kappa shape index (κ2) is 38.0. The van der Waals surface area contributed by atoms with Gasteiger partial charge in [0.15, 0.2) is 29.9 Å². The molecule has 8 amide bonds. The van der Waals surface area contributed by atoms with Gasteiger partial charge in [0.2, 0.25) is 53.4 Å². The van der Waals surface area contributed by atoms with Crippen LogP contribution in [0.4, 0.5) is 0 Å². The number of nitrogens with one attached hydrogen (secondary N) is 9. The average molecular weight is 1810 g/mol. The molecule has 8 aromatic carbocycles. The van der Waals surface area contributed by atoms with E-state index < -0.39 is 243 Å². The van der Waals surface area contributed by atoms with Crippen LogP contribution in [0.15, 0.2) is 158 Å². The normalized spacial score (nSPS) is 25.7. The third-order valence-electron chi connectivity index (χ3n) is 22.5. The average Bonchev–Trinajstić information content (AvgIpc) is 0.764. The summed E-state index contributed by atoms with van der Waals surface area (Å²) in [7, 11) is 1.47. The molecule has 1 aromatic heterocycles. The minimum Gasteiger partial charge on any atom is -0.508 e. The molecule has 18 atom stereocenters. The number of phenols is 3. The minimum absolute atomic E-state index is 0.123. The van der Waals surface area contributed by atoms with Crippen molar-refractivity contribution in [3.63, 3.8) is 0 Å². The first-order valence-electron chi connectivity index (χ1n) is 40.2. The second-order valence-electron chi connectivity index (χ2n) is 32.0. The van der Waals surface area contributed by atoms with Crippen LogP contribution in [-0.4, -0.2) is 202 Å². The number of ether oxygens (including phenoxy) is 6. The number of aromatic hydroxyl groups is 3. The number of carboxylic acid groups (broad SMARTS) is 1. The number of phenolic OH excluding ortho intramolecular Hbond substituents is 3. The molecule has 7 aliphatic rings. The summed E-state index contributed by atoms with van der Waals surface area (Å²) in [5, 5.41) is 131. The number of carbonyl (C=O) groups excluding carboxylic acids is 8. The summed E-state index contributed by atoms with van der Waals surface area (Å²) in [5.74, 6) is -17.2. The van der Waals surface area contributed by atoms with Gasteiger partial charge in [-0.05, 0) is 151 Å². The standard InChI is InChI=1S/C88H89Cl3N12O24/c1-37(2)24-54(93-5)80(114)102-70-72(108)43-17-22-59(50(90)26-43)123-61-28-45-29-62(76(61)127-87-77(75(111)74(110)63(125-87)36-95-79(113)56-35-94-52-8-6-7-9-53(52)97-56)126-65-33-88(4,78(112)38(3)122-65)96-34-39-10-12-40(13-11-39)41-14-19-46(89)20-15-41)124-60-23-18-44(27-51(60)91)73(109)71-85(119)101-69(86(120)121)49-30-47(104)31-58(106)66(49)48-25-42(16-21-57(48)105)67(82(116)103-71)100-83(117)68(45)99-81(115)55(32-64(92)107)98-84(70)118/h6-23,25-31,35,37-38,54-55,63,65,67-75,77-78,87,93,96,104-106,108-112H,24,32-34,36H2,1-5H3,(H2,92,107)(H,95,113)(H,98,118)(H,99,115)(H,100,117)(H,101,119)(H,102,114)(H,103,116)(H,120,121)/t38-,54+,55-,63+,65-,67+,68?,69-,70+,71?,72+,73+,74+,75-,77+,78+,87-,88-/m0/s1. The molecular weight excluding hydrogens is 1720 g/mol. The molecule has 666 valence electrons. The van der Waals surface area contributed by atoms with Gasteiger partial charge in [0.1, 0.15) is 95.2 Å². The monoisotopic (exact) mass is 1800 g/mol. The maximum Gasteiger partial charge on any atom is 0.330 e. The highest BCUT2D eigenvalue weighted by molar-refractivity contribution is 6.32. The van der Waals surface area contributed by atoms with Gasteiger partial charge in [0, 0.05) is 52.8 Å². The Morgan fingerprint density at radius 1 is 0.661 bits per heavy atom. The zero-order valence-corrected chi connectivity index (χ0v) is 70.5. The number of aromatic nitrogens is 2. The Bertz CT molecular complexity index is 5770. The lowest BCUT2D eigenvalue weighted by Gasteiger charge is -2.48. The summed E-state index contributed by atoms with van der Waals surface area (Å²) in [6.07, 6.45) is -18.0. The van der Waals surface area contributed by atoms with Crippen molar-refractivity contribution in [2.75, 3.05) is 13.6 Å². The summed E-state index contributed by atoms with van der Waals surface area (Å²) in [5.41, 5.74) is 4.79. The molecule has 2 unspecified atom stereocenters. The topological polar surface area (TPSA) is 551 Å². The number of fused-ring (bicyclic) bond motifs is 16. The lowest BCUT2D eigenvalue weighted by molar-refractivity contribution is -0.331. The van der Waals surface area contributed by atoms with Gasteiger partial charge in [-0.2, -0.15) is 0 Å². The number of carbonyl (C=O) groups is 9. The Balaban J connectivity index is 0.950. The van der Waals surface area contributed by atoms with Crippen LogP contribution in [0.3, 0.4) is 0 Å². The summed E-state index contributed by atoms with van der Waals surface area (Å²) in [6.45, 7) is 6.45.